The number of nitriles is 1. The maximum Gasteiger partial charge on any atom is 0.338 e. The van der Waals surface area contributed by atoms with Crippen LogP contribution in [0.25, 0.3) is 0 Å². The second-order valence-electron chi connectivity index (χ2n) is 4.92. The molecule has 1 aromatic heterocycles. The number of aryl methyl sites for hydroxylation is 1. The molecule has 0 radical (unpaired) electrons. The van der Waals surface area contributed by atoms with Crippen LogP contribution in [0, 0.1) is 11.3 Å². The molecule has 2 heterocycles. The molecule has 114 valence electrons. The van der Waals surface area contributed by atoms with E-state index >= 15 is 0 Å². The fraction of sp³-hybridized carbons (Fsp3) is 0.312. The molecule has 22 heavy (non-hydrogen) atoms. The van der Waals surface area contributed by atoms with Gasteiger partial charge >= 0.3 is 5.97 Å². The van der Waals surface area contributed by atoms with Crippen LogP contribution < -0.4 is 10.3 Å². The molecule has 1 aromatic rings. The van der Waals surface area contributed by atoms with Crippen LogP contribution >= 0.6 is 0 Å². The molecule has 0 bridgehead atoms. The van der Waals surface area contributed by atoms with Gasteiger partial charge in [0.15, 0.2) is 12.4 Å². The van der Waals surface area contributed by atoms with E-state index in [4.69, 9.17) is 15.2 Å². The number of hydrogen-bond donors (Lipinski definition) is 1. The van der Waals surface area contributed by atoms with Gasteiger partial charge in [-0.25, -0.2) is 9.36 Å². The van der Waals surface area contributed by atoms with Gasteiger partial charge in [0, 0.05) is 11.6 Å². The third kappa shape index (κ3) is 2.79. The highest BCUT2D eigenvalue weighted by Gasteiger charge is 2.37. The summed E-state index contributed by atoms with van der Waals surface area (Å²) in [6.45, 7) is 3.61. The fourth-order valence-corrected chi connectivity index (χ4v) is 2.47. The lowest BCUT2D eigenvalue weighted by Gasteiger charge is -2.26. The fourth-order valence-electron chi connectivity index (χ4n) is 2.47. The molecule has 6 nitrogen and oxygen atoms in total. The van der Waals surface area contributed by atoms with Gasteiger partial charge in [-0.15, -0.1) is 0 Å². The van der Waals surface area contributed by atoms with Crippen molar-refractivity contribution < 1.29 is 18.8 Å². The lowest BCUT2D eigenvalue weighted by molar-refractivity contribution is -0.671. The average molecular weight is 300 g/mol. The number of allylic oxidation sites excluding steroid dienone is 2. The SMILES string of the molecule is CCOC(=O)C1=C(C)OC(N)=C(C#N)[C@@H]1c1ccc[n+](C)c1. The monoisotopic (exact) mass is 300 g/mol. The van der Waals surface area contributed by atoms with Crippen LogP contribution in [-0.2, 0) is 21.3 Å². The minimum Gasteiger partial charge on any atom is -0.463 e. The molecule has 6 heteroatoms. The molecule has 0 saturated carbocycles. The van der Waals surface area contributed by atoms with Gasteiger partial charge < -0.3 is 15.2 Å². The van der Waals surface area contributed by atoms with Crippen molar-refractivity contribution in [1.29, 1.82) is 5.26 Å². The van der Waals surface area contributed by atoms with Crippen molar-refractivity contribution in [2.24, 2.45) is 12.8 Å². The lowest BCUT2D eigenvalue weighted by Crippen LogP contribution is -2.30. The van der Waals surface area contributed by atoms with Gasteiger partial charge in [0.1, 0.15) is 24.4 Å². The number of ether oxygens (including phenoxy) is 2. The van der Waals surface area contributed by atoms with Crippen molar-refractivity contribution in [2.75, 3.05) is 6.61 Å². The summed E-state index contributed by atoms with van der Waals surface area (Å²) in [5.41, 5.74) is 7.11. The number of esters is 1. The van der Waals surface area contributed by atoms with Gasteiger partial charge in [-0.1, -0.05) is 0 Å². The van der Waals surface area contributed by atoms with Crippen molar-refractivity contribution >= 4 is 5.97 Å². The number of nitrogens with zero attached hydrogens (tertiary/aromatic N) is 2. The maximum absolute atomic E-state index is 12.3. The molecule has 2 rings (SSSR count). The largest absolute Gasteiger partial charge is 0.463 e. The Hall–Kier alpha value is -2.81. The van der Waals surface area contributed by atoms with Crippen LogP contribution in [0.1, 0.15) is 25.3 Å². The van der Waals surface area contributed by atoms with E-state index in [-0.39, 0.29) is 18.1 Å². The topological polar surface area (TPSA) is 89.2 Å². The molecule has 0 fully saturated rings. The zero-order valence-electron chi connectivity index (χ0n) is 12.8. The third-order valence-electron chi connectivity index (χ3n) is 3.40. The molecule has 0 spiro atoms. The van der Waals surface area contributed by atoms with Crippen molar-refractivity contribution in [2.45, 2.75) is 19.8 Å². The summed E-state index contributed by atoms with van der Waals surface area (Å²) in [5, 5.41) is 9.43. The first-order valence-corrected chi connectivity index (χ1v) is 6.90. The normalized spacial score (nSPS) is 17.8. The maximum atomic E-state index is 12.3. The van der Waals surface area contributed by atoms with E-state index in [9.17, 15) is 10.1 Å². The molecule has 1 aliphatic heterocycles. The minimum absolute atomic E-state index is 0.0181. The minimum atomic E-state index is -0.592. The highest BCUT2D eigenvalue weighted by molar-refractivity contribution is 5.92. The zero-order valence-corrected chi connectivity index (χ0v) is 12.8. The van der Waals surface area contributed by atoms with E-state index in [2.05, 4.69) is 0 Å². The number of hydrogen-bond acceptors (Lipinski definition) is 5. The zero-order chi connectivity index (χ0) is 16.3. The Labute approximate surface area is 129 Å². The standard InChI is InChI=1S/C16H18N3O3/c1-4-21-16(20)13-10(2)22-15(18)12(8-17)14(13)11-6-5-7-19(3)9-11/h5-7,9,14H,4,18H2,1-3H3/q+1/t14-/m0/s1. The van der Waals surface area contributed by atoms with E-state index < -0.39 is 11.9 Å². The number of nitrogens with two attached hydrogens (primary N) is 1. The first kappa shape index (κ1) is 15.6. The number of carbonyl (C=O) groups excluding carboxylic acids is 1. The number of rotatable bonds is 3. The van der Waals surface area contributed by atoms with Crippen LogP contribution in [0.3, 0.4) is 0 Å². The van der Waals surface area contributed by atoms with Gasteiger partial charge in [-0.05, 0) is 19.9 Å². The predicted molar refractivity (Wildman–Crippen MR) is 77.6 cm³/mol. The first-order chi connectivity index (χ1) is 10.5. The van der Waals surface area contributed by atoms with Gasteiger partial charge in [0.25, 0.3) is 0 Å². The molecule has 1 aliphatic rings. The molecule has 0 amide bonds. The van der Waals surface area contributed by atoms with Crippen LogP contribution in [0.4, 0.5) is 0 Å². The molecule has 0 aliphatic carbocycles. The second-order valence-corrected chi connectivity index (χ2v) is 4.92. The first-order valence-electron chi connectivity index (χ1n) is 6.90. The number of pyridine rings is 1. The van der Waals surface area contributed by atoms with Crippen molar-refractivity contribution in [3.05, 3.63) is 52.9 Å². The molecule has 2 N–H and O–H groups in total. The van der Waals surface area contributed by atoms with Crippen LogP contribution in [0.15, 0.2) is 47.3 Å². The van der Waals surface area contributed by atoms with Crippen LogP contribution in [0.2, 0.25) is 0 Å². The van der Waals surface area contributed by atoms with E-state index in [0.717, 1.165) is 5.56 Å². The van der Waals surface area contributed by atoms with E-state index in [1.165, 1.54) is 0 Å². The van der Waals surface area contributed by atoms with E-state index in [1.807, 2.05) is 42.2 Å². The van der Waals surface area contributed by atoms with E-state index in [1.54, 1.807) is 13.8 Å². The van der Waals surface area contributed by atoms with Gasteiger partial charge in [-0.3, -0.25) is 0 Å². The summed E-state index contributed by atoms with van der Waals surface area (Å²) in [5.74, 6) is -0.724. The Kier molecular flexibility index (Phi) is 4.47. The molecule has 0 saturated heterocycles. The second kappa shape index (κ2) is 6.31. The van der Waals surface area contributed by atoms with Crippen LogP contribution in [-0.4, -0.2) is 12.6 Å². The molecule has 1 atom stereocenters. The highest BCUT2D eigenvalue weighted by atomic mass is 16.5. The third-order valence-corrected chi connectivity index (χ3v) is 3.40. The number of aromatic nitrogens is 1. The Balaban J connectivity index is 2.62. The number of carbonyl (C=O) groups is 1. The molecule has 0 unspecified atom stereocenters. The van der Waals surface area contributed by atoms with Crippen molar-refractivity contribution in [1.82, 2.24) is 0 Å². The Bertz CT molecular complexity index is 714. The van der Waals surface area contributed by atoms with Crippen molar-refractivity contribution in [3.63, 3.8) is 0 Å². The van der Waals surface area contributed by atoms with Crippen molar-refractivity contribution in [3.8, 4) is 6.07 Å². The summed E-state index contributed by atoms with van der Waals surface area (Å²) in [4.78, 5) is 12.3. The highest BCUT2D eigenvalue weighted by Crippen LogP contribution is 2.38. The molecular weight excluding hydrogens is 282 g/mol. The van der Waals surface area contributed by atoms with Gasteiger partial charge in [-0.2, -0.15) is 5.26 Å². The summed E-state index contributed by atoms with van der Waals surface area (Å²) in [7, 11) is 1.86. The summed E-state index contributed by atoms with van der Waals surface area (Å²) < 4.78 is 12.3. The predicted octanol–water partition coefficient (Wildman–Crippen LogP) is 1.16. The lowest BCUT2D eigenvalue weighted by atomic mass is 9.84. The quantitative estimate of drug-likeness (QED) is 0.668. The summed E-state index contributed by atoms with van der Waals surface area (Å²) >= 11 is 0. The van der Waals surface area contributed by atoms with Crippen LogP contribution in [0.5, 0.6) is 0 Å². The smallest absolute Gasteiger partial charge is 0.338 e. The summed E-state index contributed by atoms with van der Waals surface area (Å²) in [6.07, 6.45) is 3.70. The van der Waals surface area contributed by atoms with Gasteiger partial charge in [0.2, 0.25) is 5.88 Å². The average Bonchev–Trinajstić information content (AvgIpc) is 2.46. The van der Waals surface area contributed by atoms with Gasteiger partial charge in [0.05, 0.1) is 18.1 Å². The Morgan fingerprint density at radius 1 is 1.59 bits per heavy atom. The molecular formula is C16H18N3O3+. The molecule has 0 aromatic carbocycles. The summed E-state index contributed by atoms with van der Waals surface area (Å²) in [6, 6.07) is 5.73. The Morgan fingerprint density at radius 2 is 2.32 bits per heavy atom. The Morgan fingerprint density at radius 3 is 2.91 bits per heavy atom. The van der Waals surface area contributed by atoms with E-state index in [0.29, 0.717) is 11.3 Å².